The van der Waals surface area contributed by atoms with Crippen LogP contribution in [0.15, 0.2) is 0 Å². The Labute approximate surface area is 102 Å². The molecule has 0 heterocycles. The highest BCUT2D eigenvalue weighted by Gasteiger charge is 2.37. The highest BCUT2D eigenvalue weighted by atomic mass is 15.0. The Hall–Kier alpha value is -0.0400. The SMILES string of the molecule is CCC(CC)(CNC(C)(C)C)C1CCCC1. The molecule has 0 atom stereocenters. The molecule has 1 aliphatic carbocycles. The van der Waals surface area contributed by atoms with Gasteiger partial charge in [0.05, 0.1) is 0 Å². The summed E-state index contributed by atoms with van der Waals surface area (Å²) in [5.74, 6) is 0.970. The molecule has 0 aromatic rings. The van der Waals surface area contributed by atoms with Crippen LogP contribution in [0.5, 0.6) is 0 Å². The molecule has 1 nitrogen and oxygen atoms in total. The molecule has 0 radical (unpaired) electrons. The molecule has 1 rings (SSSR count). The second kappa shape index (κ2) is 5.53. The largest absolute Gasteiger partial charge is 0.312 e. The van der Waals surface area contributed by atoms with E-state index in [0.717, 1.165) is 5.92 Å². The number of nitrogens with one attached hydrogen (secondary N) is 1. The Balaban J connectivity index is 2.63. The van der Waals surface area contributed by atoms with E-state index in [1.165, 1.54) is 45.1 Å². The van der Waals surface area contributed by atoms with Crippen molar-refractivity contribution in [2.45, 2.75) is 78.7 Å². The van der Waals surface area contributed by atoms with Gasteiger partial charge in [-0.3, -0.25) is 0 Å². The minimum absolute atomic E-state index is 0.258. The zero-order chi connectivity index (χ0) is 12.2. The number of rotatable bonds is 5. The van der Waals surface area contributed by atoms with Crippen LogP contribution in [-0.4, -0.2) is 12.1 Å². The van der Waals surface area contributed by atoms with E-state index in [4.69, 9.17) is 0 Å². The Kier molecular flexibility index (Phi) is 4.85. The Morgan fingerprint density at radius 2 is 1.50 bits per heavy atom. The Bertz CT molecular complexity index is 192. The quantitative estimate of drug-likeness (QED) is 0.732. The lowest BCUT2D eigenvalue weighted by molar-refractivity contribution is 0.129. The first-order valence-electron chi connectivity index (χ1n) is 7.18. The summed E-state index contributed by atoms with van der Waals surface area (Å²) < 4.78 is 0. The van der Waals surface area contributed by atoms with Crippen molar-refractivity contribution < 1.29 is 0 Å². The minimum Gasteiger partial charge on any atom is -0.312 e. The number of hydrogen-bond acceptors (Lipinski definition) is 1. The predicted octanol–water partition coefficient (Wildman–Crippen LogP) is 4.37. The van der Waals surface area contributed by atoms with Gasteiger partial charge in [0, 0.05) is 12.1 Å². The van der Waals surface area contributed by atoms with Gasteiger partial charge in [0.15, 0.2) is 0 Å². The zero-order valence-electron chi connectivity index (χ0n) is 12.0. The molecule has 96 valence electrons. The maximum Gasteiger partial charge on any atom is 0.00967 e. The van der Waals surface area contributed by atoms with E-state index in [9.17, 15) is 0 Å². The standard InChI is InChI=1S/C15H31N/c1-6-15(7-2,12-16-14(3,4)5)13-10-8-9-11-13/h13,16H,6-12H2,1-5H3. The van der Waals surface area contributed by atoms with Crippen molar-refractivity contribution in [2.24, 2.45) is 11.3 Å². The lowest BCUT2D eigenvalue weighted by Crippen LogP contribution is -2.46. The van der Waals surface area contributed by atoms with Crippen molar-refractivity contribution in [3.63, 3.8) is 0 Å². The normalized spacial score (nSPS) is 19.3. The third-order valence-corrected chi connectivity index (χ3v) is 4.60. The molecule has 1 aliphatic rings. The molecule has 0 bridgehead atoms. The van der Waals surface area contributed by atoms with Gasteiger partial charge >= 0.3 is 0 Å². The van der Waals surface area contributed by atoms with Gasteiger partial charge in [0.1, 0.15) is 0 Å². The monoisotopic (exact) mass is 225 g/mol. The third-order valence-electron chi connectivity index (χ3n) is 4.60. The molecular weight excluding hydrogens is 194 g/mol. The summed E-state index contributed by atoms with van der Waals surface area (Å²) in [7, 11) is 0. The van der Waals surface area contributed by atoms with Crippen molar-refractivity contribution in [2.75, 3.05) is 6.54 Å². The maximum absolute atomic E-state index is 3.74. The van der Waals surface area contributed by atoms with Gasteiger partial charge in [-0.05, 0) is 57.8 Å². The fraction of sp³-hybridized carbons (Fsp3) is 1.00. The van der Waals surface area contributed by atoms with Crippen molar-refractivity contribution in [3.05, 3.63) is 0 Å². The van der Waals surface area contributed by atoms with Crippen molar-refractivity contribution >= 4 is 0 Å². The Morgan fingerprint density at radius 3 is 1.88 bits per heavy atom. The van der Waals surface area contributed by atoms with Gasteiger partial charge < -0.3 is 5.32 Å². The van der Waals surface area contributed by atoms with Crippen molar-refractivity contribution in [1.29, 1.82) is 0 Å². The first-order valence-corrected chi connectivity index (χ1v) is 7.18. The second-order valence-electron chi connectivity index (χ2n) is 6.65. The van der Waals surface area contributed by atoms with E-state index in [1.54, 1.807) is 0 Å². The first-order chi connectivity index (χ1) is 7.43. The van der Waals surface area contributed by atoms with Gasteiger partial charge in [-0.2, -0.15) is 0 Å². The molecule has 1 fully saturated rings. The lowest BCUT2D eigenvalue weighted by Gasteiger charge is -2.40. The molecular formula is C15H31N. The van der Waals surface area contributed by atoms with Crippen molar-refractivity contribution in [1.82, 2.24) is 5.32 Å². The van der Waals surface area contributed by atoms with Crippen LogP contribution < -0.4 is 5.32 Å². The first kappa shape index (κ1) is 14.0. The summed E-state index contributed by atoms with van der Waals surface area (Å²) in [6, 6.07) is 0. The van der Waals surface area contributed by atoms with E-state index in [1.807, 2.05) is 0 Å². The number of hydrogen-bond donors (Lipinski definition) is 1. The lowest BCUT2D eigenvalue weighted by atomic mass is 9.70. The van der Waals surface area contributed by atoms with Gasteiger partial charge in [-0.1, -0.05) is 26.7 Å². The maximum atomic E-state index is 3.74. The van der Waals surface area contributed by atoms with Crippen LogP contribution >= 0.6 is 0 Å². The molecule has 0 saturated heterocycles. The summed E-state index contributed by atoms with van der Waals surface area (Å²) in [5, 5.41) is 3.74. The molecule has 1 heteroatoms. The summed E-state index contributed by atoms with van der Waals surface area (Å²) in [6.45, 7) is 12.8. The fourth-order valence-electron chi connectivity index (χ4n) is 3.20. The average molecular weight is 225 g/mol. The molecule has 0 unspecified atom stereocenters. The van der Waals surface area contributed by atoms with Crippen LogP contribution in [0.2, 0.25) is 0 Å². The predicted molar refractivity (Wildman–Crippen MR) is 72.7 cm³/mol. The summed E-state index contributed by atoms with van der Waals surface area (Å²) in [6.07, 6.45) is 8.51. The Morgan fingerprint density at radius 1 is 1.00 bits per heavy atom. The molecule has 0 aromatic heterocycles. The summed E-state index contributed by atoms with van der Waals surface area (Å²) in [5.41, 5.74) is 0.817. The van der Waals surface area contributed by atoms with E-state index in [0.29, 0.717) is 5.41 Å². The van der Waals surface area contributed by atoms with Gasteiger partial charge in [-0.15, -0.1) is 0 Å². The molecule has 0 aliphatic heterocycles. The van der Waals surface area contributed by atoms with E-state index >= 15 is 0 Å². The average Bonchev–Trinajstić information content (AvgIpc) is 2.72. The van der Waals surface area contributed by atoms with Gasteiger partial charge in [0.25, 0.3) is 0 Å². The highest BCUT2D eigenvalue weighted by Crippen LogP contribution is 2.44. The van der Waals surface area contributed by atoms with Crippen LogP contribution in [0.1, 0.15) is 73.1 Å². The molecule has 0 aromatic carbocycles. The van der Waals surface area contributed by atoms with Gasteiger partial charge in [-0.25, -0.2) is 0 Å². The topological polar surface area (TPSA) is 12.0 Å². The summed E-state index contributed by atoms with van der Waals surface area (Å²) in [4.78, 5) is 0. The van der Waals surface area contributed by atoms with Crippen LogP contribution in [0.25, 0.3) is 0 Å². The zero-order valence-corrected chi connectivity index (χ0v) is 12.0. The van der Waals surface area contributed by atoms with Crippen LogP contribution in [-0.2, 0) is 0 Å². The highest BCUT2D eigenvalue weighted by molar-refractivity contribution is 4.90. The van der Waals surface area contributed by atoms with Crippen LogP contribution in [0.3, 0.4) is 0 Å². The van der Waals surface area contributed by atoms with E-state index in [2.05, 4.69) is 39.9 Å². The molecule has 0 amide bonds. The van der Waals surface area contributed by atoms with Crippen LogP contribution in [0, 0.1) is 11.3 Å². The van der Waals surface area contributed by atoms with Crippen LogP contribution in [0.4, 0.5) is 0 Å². The smallest absolute Gasteiger partial charge is 0.00967 e. The summed E-state index contributed by atoms with van der Waals surface area (Å²) >= 11 is 0. The second-order valence-corrected chi connectivity index (χ2v) is 6.65. The third kappa shape index (κ3) is 3.48. The fourth-order valence-corrected chi connectivity index (χ4v) is 3.20. The van der Waals surface area contributed by atoms with E-state index < -0.39 is 0 Å². The molecule has 0 spiro atoms. The van der Waals surface area contributed by atoms with Gasteiger partial charge in [0.2, 0.25) is 0 Å². The van der Waals surface area contributed by atoms with E-state index in [-0.39, 0.29) is 5.54 Å². The molecule has 1 saturated carbocycles. The molecule has 1 N–H and O–H groups in total. The molecule has 16 heavy (non-hydrogen) atoms. The minimum atomic E-state index is 0.258. The van der Waals surface area contributed by atoms with Crippen molar-refractivity contribution in [3.8, 4) is 0 Å².